The number of rotatable bonds is 3. The van der Waals surface area contributed by atoms with Gasteiger partial charge >= 0.3 is 0 Å². The Hall–Kier alpha value is -0.640. The highest BCUT2D eigenvalue weighted by molar-refractivity contribution is 4.32. The third kappa shape index (κ3) is 3.36. The van der Waals surface area contributed by atoms with E-state index in [1.165, 1.54) is 0 Å². The second-order valence-electron chi connectivity index (χ2n) is 0.809. The summed E-state index contributed by atoms with van der Waals surface area (Å²) in [4.78, 5) is 0. The van der Waals surface area contributed by atoms with E-state index >= 15 is 0 Å². The molecular weight excluding hydrogens is 80.0 g/mol. The van der Waals surface area contributed by atoms with Gasteiger partial charge in [0.25, 0.3) is 0 Å². The number of hydrogen-bond donors (Lipinski definition) is 3. The first kappa shape index (κ1) is 5.36. The van der Waals surface area contributed by atoms with E-state index in [1.807, 2.05) is 0 Å². The fourth-order valence-electron chi connectivity index (χ4n) is 0.120. The molecule has 0 aromatic rings. The summed E-state index contributed by atoms with van der Waals surface area (Å²) >= 11 is 0. The van der Waals surface area contributed by atoms with Gasteiger partial charge in [-0.05, 0) is 0 Å². The molecule has 0 aromatic carbocycles. The minimum Gasteiger partial charge on any atom is -0.329 e. The summed E-state index contributed by atoms with van der Waals surface area (Å²) in [6, 6.07) is 0. The van der Waals surface area contributed by atoms with Crippen molar-refractivity contribution in [2.45, 2.75) is 0 Å². The van der Waals surface area contributed by atoms with Crippen LogP contribution in [0.5, 0.6) is 0 Å². The van der Waals surface area contributed by atoms with Crippen LogP contribution < -0.4 is 11.2 Å². The quantitative estimate of drug-likeness (QED) is 0.247. The van der Waals surface area contributed by atoms with Crippen LogP contribution in [0.1, 0.15) is 0 Å². The van der Waals surface area contributed by atoms with E-state index in [9.17, 15) is 0 Å². The van der Waals surface area contributed by atoms with Crippen molar-refractivity contribution < 1.29 is 0 Å². The molecule has 0 fully saturated rings. The molecule has 4 nitrogen and oxygen atoms in total. The monoisotopic (exact) mass is 88.1 g/mol. The van der Waals surface area contributed by atoms with Crippen molar-refractivity contribution >= 4 is 0 Å². The lowest BCUT2D eigenvalue weighted by Crippen LogP contribution is -2.16. The highest BCUT2D eigenvalue weighted by atomic mass is 15.4. The zero-order chi connectivity index (χ0) is 4.83. The fourth-order valence-corrected chi connectivity index (χ4v) is 0.120. The van der Waals surface area contributed by atoms with Crippen LogP contribution in [0.4, 0.5) is 0 Å². The smallest absolute Gasteiger partial charge is 0.0469 e. The Bertz CT molecular complexity index is 34.5. The fraction of sp³-hybridized carbons (Fsp3) is 1.00. The number of nitrogens with two attached hydrogens (primary N) is 1. The lowest BCUT2D eigenvalue weighted by Gasteiger charge is -1.87. The molecule has 0 aliphatic carbocycles. The third-order valence-electron chi connectivity index (χ3n) is 0.335. The first-order valence-electron chi connectivity index (χ1n) is 1.71. The average Bonchev–Trinajstić information content (AvgIpc) is 1.61. The summed E-state index contributed by atoms with van der Waals surface area (Å²) in [5, 5.41) is 2.85. The molecule has 0 saturated heterocycles. The molecule has 0 spiro atoms. The standard InChI is InChI=1S/C2H8N4/c3-1-2-5-6-4/h1-3H2,(H2,4,5). The van der Waals surface area contributed by atoms with Crippen molar-refractivity contribution in [3.63, 3.8) is 0 Å². The van der Waals surface area contributed by atoms with Gasteiger partial charge in [-0.25, -0.2) is 0 Å². The lowest BCUT2D eigenvalue weighted by molar-refractivity contribution is 0.677. The first-order valence-corrected chi connectivity index (χ1v) is 1.71. The zero-order valence-electron chi connectivity index (χ0n) is 3.44. The van der Waals surface area contributed by atoms with Gasteiger partial charge in [0.15, 0.2) is 0 Å². The normalized spacial score (nSPS) is 7.50. The second-order valence-corrected chi connectivity index (χ2v) is 0.809. The maximum Gasteiger partial charge on any atom is 0.0469 e. The molecule has 4 N–H and O–H groups in total. The maximum absolute atomic E-state index is 6.16. The van der Waals surface area contributed by atoms with Crippen LogP contribution in [-0.2, 0) is 0 Å². The molecule has 0 radical (unpaired) electrons. The molecule has 36 valence electrons. The van der Waals surface area contributed by atoms with E-state index in [0.29, 0.717) is 13.1 Å². The van der Waals surface area contributed by atoms with Crippen molar-refractivity contribution in [2.75, 3.05) is 13.1 Å². The van der Waals surface area contributed by atoms with Gasteiger partial charge in [0.05, 0.1) is 0 Å². The van der Waals surface area contributed by atoms with Gasteiger partial charge in [-0.3, -0.25) is 5.43 Å². The molecule has 0 aliphatic heterocycles. The molecular formula is C2H8N4. The largest absolute Gasteiger partial charge is 0.329 e. The Morgan fingerprint density at radius 1 is 1.83 bits per heavy atom. The van der Waals surface area contributed by atoms with Crippen LogP contribution in [0, 0.1) is 5.53 Å². The van der Waals surface area contributed by atoms with Crippen LogP contribution in [-0.4, -0.2) is 13.1 Å². The summed E-state index contributed by atoms with van der Waals surface area (Å²) in [6.45, 7) is 1.12. The molecule has 4 heteroatoms. The Morgan fingerprint density at radius 3 is 2.67 bits per heavy atom. The maximum atomic E-state index is 6.16. The molecule has 0 amide bonds. The topological polar surface area (TPSA) is 74.3 Å². The van der Waals surface area contributed by atoms with E-state index < -0.39 is 0 Å². The van der Waals surface area contributed by atoms with Crippen LogP contribution in [0.15, 0.2) is 5.22 Å². The van der Waals surface area contributed by atoms with Gasteiger partial charge in [-0.15, -0.1) is 0 Å². The van der Waals surface area contributed by atoms with E-state index in [0.717, 1.165) is 0 Å². The number of nitrogens with one attached hydrogen (secondary N) is 2. The van der Waals surface area contributed by atoms with E-state index in [4.69, 9.17) is 11.3 Å². The van der Waals surface area contributed by atoms with Crippen molar-refractivity contribution in [2.24, 2.45) is 11.0 Å². The van der Waals surface area contributed by atoms with E-state index in [-0.39, 0.29) is 0 Å². The van der Waals surface area contributed by atoms with Gasteiger partial charge in [-0.2, -0.15) is 5.53 Å². The van der Waals surface area contributed by atoms with Crippen molar-refractivity contribution in [1.29, 1.82) is 5.53 Å². The van der Waals surface area contributed by atoms with Crippen LogP contribution in [0.25, 0.3) is 0 Å². The minimum absolute atomic E-state index is 0.530. The molecule has 0 bridgehead atoms. The summed E-state index contributed by atoms with van der Waals surface area (Å²) in [7, 11) is 0. The average molecular weight is 88.1 g/mol. The highest BCUT2D eigenvalue weighted by Gasteiger charge is 1.68. The molecule has 0 unspecified atom stereocenters. The summed E-state index contributed by atoms with van der Waals surface area (Å²) in [6.07, 6.45) is 0. The highest BCUT2D eigenvalue weighted by Crippen LogP contribution is 1.48. The summed E-state index contributed by atoms with van der Waals surface area (Å²) in [5.41, 5.74) is 13.5. The molecule has 0 aliphatic rings. The molecule has 6 heavy (non-hydrogen) atoms. The Balaban J connectivity index is 2.49. The third-order valence-corrected chi connectivity index (χ3v) is 0.335. The van der Waals surface area contributed by atoms with Crippen LogP contribution in [0.2, 0.25) is 0 Å². The Labute approximate surface area is 36.2 Å². The van der Waals surface area contributed by atoms with Gasteiger partial charge in [0, 0.05) is 13.1 Å². The van der Waals surface area contributed by atoms with Crippen LogP contribution >= 0.6 is 0 Å². The summed E-state index contributed by atoms with van der Waals surface area (Å²) in [5.74, 6) is 0. The Kier molecular flexibility index (Phi) is 3.89. The van der Waals surface area contributed by atoms with Crippen molar-refractivity contribution in [3.8, 4) is 0 Å². The van der Waals surface area contributed by atoms with Crippen molar-refractivity contribution in [3.05, 3.63) is 0 Å². The van der Waals surface area contributed by atoms with Gasteiger partial charge in [0.1, 0.15) is 0 Å². The predicted molar refractivity (Wildman–Crippen MR) is 22.2 cm³/mol. The molecule has 0 atom stereocenters. The molecule has 0 aromatic heterocycles. The molecule has 0 saturated carbocycles. The number of nitrogens with zero attached hydrogens (tertiary/aromatic N) is 1. The van der Waals surface area contributed by atoms with Gasteiger partial charge < -0.3 is 5.73 Å². The Morgan fingerprint density at radius 2 is 2.50 bits per heavy atom. The number of hydrogen-bond acceptors (Lipinski definition) is 3. The van der Waals surface area contributed by atoms with E-state index in [1.54, 1.807) is 0 Å². The summed E-state index contributed by atoms with van der Waals surface area (Å²) < 4.78 is 0. The minimum atomic E-state index is 0.530. The molecule has 0 rings (SSSR count). The first-order chi connectivity index (χ1) is 2.91. The lowest BCUT2D eigenvalue weighted by atomic mass is 10.7. The SMILES string of the molecule is N=NNCCN. The van der Waals surface area contributed by atoms with Gasteiger partial charge in [0.2, 0.25) is 0 Å². The molecule has 0 heterocycles. The zero-order valence-corrected chi connectivity index (χ0v) is 3.44. The van der Waals surface area contributed by atoms with Gasteiger partial charge in [-0.1, -0.05) is 5.22 Å². The van der Waals surface area contributed by atoms with E-state index in [2.05, 4.69) is 10.6 Å². The second kappa shape index (κ2) is 4.36. The van der Waals surface area contributed by atoms with Crippen LogP contribution in [0.3, 0.4) is 0 Å². The predicted octanol–water partition coefficient (Wildman–Crippen LogP) is -0.519. The van der Waals surface area contributed by atoms with Crippen molar-refractivity contribution in [1.82, 2.24) is 5.43 Å².